The molecule has 2 aromatic rings. The Bertz CT molecular complexity index is 437. The zero-order chi connectivity index (χ0) is 10.7. The average molecular weight is 266 g/mol. The van der Waals surface area contributed by atoms with Gasteiger partial charge in [0.15, 0.2) is 0 Å². The Hall–Kier alpha value is -1.13. The van der Waals surface area contributed by atoms with Crippen LogP contribution in [0.1, 0.15) is 5.56 Å². The zero-order valence-corrected chi connectivity index (χ0v) is 10.0. The fourth-order valence-electron chi connectivity index (χ4n) is 1.43. The minimum Gasteiger partial charge on any atom is -0.316 e. The van der Waals surface area contributed by atoms with Crippen LogP contribution in [0, 0.1) is 0 Å². The Labute approximate surface area is 97.2 Å². The first-order valence-electron chi connectivity index (χ1n) is 4.74. The van der Waals surface area contributed by atoms with Crippen molar-refractivity contribution in [3.05, 3.63) is 46.7 Å². The van der Waals surface area contributed by atoms with E-state index in [1.54, 1.807) is 6.20 Å². The highest BCUT2D eigenvalue weighted by Gasteiger charge is 2.01. The topological polar surface area (TPSA) is 29.9 Å². The van der Waals surface area contributed by atoms with E-state index in [9.17, 15) is 0 Å². The molecule has 0 aliphatic rings. The summed E-state index contributed by atoms with van der Waals surface area (Å²) in [5, 5.41) is 7.31. The van der Waals surface area contributed by atoms with Gasteiger partial charge in [-0.1, -0.05) is 22.0 Å². The maximum absolute atomic E-state index is 4.18. The van der Waals surface area contributed by atoms with Gasteiger partial charge in [0.1, 0.15) is 0 Å². The molecule has 78 valence electrons. The van der Waals surface area contributed by atoms with Crippen LogP contribution in [-0.4, -0.2) is 16.8 Å². The van der Waals surface area contributed by atoms with Crippen LogP contribution >= 0.6 is 15.9 Å². The molecule has 0 bridgehead atoms. The molecule has 1 aromatic carbocycles. The van der Waals surface area contributed by atoms with Crippen molar-refractivity contribution >= 4 is 15.9 Å². The molecule has 4 heteroatoms. The average Bonchev–Trinajstić information content (AvgIpc) is 2.74. The normalized spacial score (nSPS) is 10.5. The highest BCUT2D eigenvalue weighted by Crippen LogP contribution is 2.20. The number of halogens is 1. The Morgan fingerprint density at radius 3 is 2.93 bits per heavy atom. The van der Waals surface area contributed by atoms with E-state index in [1.807, 2.05) is 24.0 Å². The van der Waals surface area contributed by atoms with Gasteiger partial charge in [0.25, 0.3) is 0 Å². The number of hydrogen-bond acceptors (Lipinski definition) is 2. The van der Waals surface area contributed by atoms with Crippen LogP contribution in [0.5, 0.6) is 0 Å². The van der Waals surface area contributed by atoms with Crippen molar-refractivity contribution in [2.45, 2.75) is 6.54 Å². The molecular weight excluding hydrogens is 254 g/mol. The van der Waals surface area contributed by atoms with E-state index < -0.39 is 0 Å². The van der Waals surface area contributed by atoms with Crippen LogP contribution in [0.15, 0.2) is 41.1 Å². The SMILES string of the molecule is CNCc1ccc(-n2cccn2)cc1Br. The summed E-state index contributed by atoms with van der Waals surface area (Å²) in [5.74, 6) is 0. The summed E-state index contributed by atoms with van der Waals surface area (Å²) in [6.07, 6.45) is 3.70. The van der Waals surface area contributed by atoms with Gasteiger partial charge in [-0.15, -0.1) is 0 Å². The van der Waals surface area contributed by atoms with Gasteiger partial charge in [-0.25, -0.2) is 4.68 Å². The Morgan fingerprint density at radius 1 is 1.47 bits per heavy atom. The second-order valence-electron chi connectivity index (χ2n) is 3.26. The molecule has 1 aromatic heterocycles. The van der Waals surface area contributed by atoms with Crippen LogP contribution < -0.4 is 5.32 Å². The van der Waals surface area contributed by atoms with Gasteiger partial charge >= 0.3 is 0 Å². The van der Waals surface area contributed by atoms with Crippen molar-refractivity contribution in [3.63, 3.8) is 0 Å². The number of aromatic nitrogens is 2. The van der Waals surface area contributed by atoms with Crippen LogP contribution in [-0.2, 0) is 6.54 Å². The molecule has 0 radical (unpaired) electrons. The molecule has 2 rings (SSSR count). The minimum atomic E-state index is 0.861. The van der Waals surface area contributed by atoms with E-state index in [-0.39, 0.29) is 0 Å². The zero-order valence-electron chi connectivity index (χ0n) is 8.44. The summed E-state index contributed by atoms with van der Waals surface area (Å²) >= 11 is 3.55. The summed E-state index contributed by atoms with van der Waals surface area (Å²) in [7, 11) is 1.94. The van der Waals surface area contributed by atoms with E-state index in [2.05, 4.69) is 44.5 Å². The van der Waals surface area contributed by atoms with Crippen molar-refractivity contribution in [2.75, 3.05) is 7.05 Å². The van der Waals surface area contributed by atoms with Crippen molar-refractivity contribution in [3.8, 4) is 5.69 Å². The van der Waals surface area contributed by atoms with Gasteiger partial charge in [-0.3, -0.25) is 0 Å². The van der Waals surface area contributed by atoms with Gasteiger partial charge in [0.05, 0.1) is 5.69 Å². The van der Waals surface area contributed by atoms with E-state index in [4.69, 9.17) is 0 Å². The summed E-state index contributed by atoms with van der Waals surface area (Å²) in [5.41, 5.74) is 2.31. The van der Waals surface area contributed by atoms with E-state index >= 15 is 0 Å². The highest BCUT2D eigenvalue weighted by atomic mass is 79.9. The first-order chi connectivity index (χ1) is 7.31. The molecule has 15 heavy (non-hydrogen) atoms. The second kappa shape index (κ2) is 4.59. The van der Waals surface area contributed by atoms with Gasteiger partial charge in [0, 0.05) is 23.4 Å². The van der Waals surface area contributed by atoms with E-state index in [0.717, 1.165) is 16.7 Å². The third-order valence-electron chi connectivity index (χ3n) is 2.17. The Morgan fingerprint density at radius 2 is 2.33 bits per heavy atom. The molecular formula is C11H12BrN3. The molecule has 0 unspecified atom stereocenters. The molecule has 0 aliphatic carbocycles. The van der Waals surface area contributed by atoms with E-state index in [0.29, 0.717) is 0 Å². The predicted octanol–water partition coefficient (Wildman–Crippen LogP) is 2.35. The molecule has 1 N–H and O–H groups in total. The molecule has 0 saturated heterocycles. The summed E-state index contributed by atoms with van der Waals surface area (Å²) in [4.78, 5) is 0. The highest BCUT2D eigenvalue weighted by molar-refractivity contribution is 9.10. The lowest BCUT2D eigenvalue weighted by Crippen LogP contribution is -2.06. The number of nitrogens with zero attached hydrogens (tertiary/aromatic N) is 2. The van der Waals surface area contributed by atoms with Crippen LogP contribution in [0.3, 0.4) is 0 Å². The third-order valence-corrected chi connectivity index (χ3v) is 2.91. The molecule has 0 saturated carbocycles. The lowest BCUT2D eigenvalue weighted by Gasteiger charge is -2.06. The Kier molecular flexibility index (Phi) is 3.18. The lowest BCUT2D eigenvalue weighted by molar-refractivity contribution is 0.811. The molecule has 3 nitrogen and oxygen atoms in total. The predicted molar refractivity (Wildman–Crippen MR) is 64.0 cm³/mol. The summed E-state index contributed by atoms with van der Waals surface area (Å²) in [6.45, 7) is 0.861. The monoisotopic (exact) mass is 265 g/mol. The van der Waals surface area contributed by atoms with Crippen molar-refractivity contribution in [2.24, 2.45) is 0 Å². The smallest absolute Gasteiger partial charge is 0.0656 e. The first-order valence-corrected chi connectivity index (χ1v) is 5.53. The quantitative estimate of drug-likeness (QED) is 0.924. The van der Waals surface area contributed by atoms with Crippen molar-refractivity contribution < 1.29 is 0 Å². The molecule has 0 spiro atoms. The summed E-state index contributed by atoms with van der Waals surface area (Å²) in [6, 6.07) is 8.14. The number of nitrogens with one attached hydrogen (secondary N) is 1. The maximum Gasteiger partial charge on any atom is 0.0656 e. The minimum absolute atomic E-state index is 0.861. The fourth-order valence-corrected chi connectivity index (χ4v) is 1.94. The number of rotatable bonds is 3. The molecule has 0 atom stereocenters. The fraction of sp³-hybridized carbons (Fsp3) is 0.182. The standard InChI is InChI=1S/C11H12BrN3/c1-13-8-9-3-4-10(7-11(9)12)15-6-2-5-14-15/h2-7,13H,8H2,1H3. The van der Waals surface area contributed by atoms with Gasteiger partial charge in [-0.05, 0) is 30.8 Å². The summed E-state index contributed by atoms with van der Waals surface area (Å²) < 4.78 is 2.94. The molecule has 0 amide bonds. The Balaban J connectivity index is 2.33. The maximum atomic E-state index is 4.18. The second-order valence-corrected chi connectivity index (χ2v) is 4.11. The van der Waals surface area contributed by atoms with Gasteiger partial charge in [-0.2, -0.15) is 5.10 Å². The van der Waals surface area contributed by atoms with Crippen LogP contribution in [0.4, 0.5) is 0 Å². The molecule has 1 heterocycles. The molecule has 0 fully saturated rings. The lowest BCUT2D eigenvalue weighted by atomic mass is 10.2. The third kappa shape index (κ3) is 2.27. The number of hydrogen-bond donors (Lipinski definition) is 1. The van der Waals surface area contributed by atoms with Gasteiger partial charge in [0.2, 0.25) is 0 Å². The van der Waals surface area contributed by atoms with Gasteiger partial charge < -0.3 is 5.32 Å². The van der Waals surface area contributed by atoms with Crippen LogP contribution in [0.25, 0.3) is 5.69 Å². The van der Waals surface area contributed by atoms with Crippen LogP contribution in [0.2, 0.25) is 0 Å². The van der Waals surface area contributed by atoms with E-state index in [1.165, 1.54) is 5.56 Å². The molecule has 0 aliphatic heterocycles. The van der Waals surface area contributed by atoms with Crippen molar-refractivity contribution in [1.82, 2.24) is 15.1 Å². The first kappa shape index (κ1) is 10.4. The number of benzene rings is 1. The van der Waals surface area contributed by atoms with Crippen molar-refractivity contribution in [1.29, 1.82) is 0 Å². The largest absolute Gasteiger partial charge is 0.316 e.